The second-order valence-electron chi connectivity index (χ2n) is 6.07. The lowest BCUT2D eigenvalue weighted by molar-refractivity contribution is -0.141. The number of esters is 1. The molecular weight excluding hydrogens is 358 g/mol. The summed E-state index contributed by atoms with van der Waals surface area (Å²) in [5, 5.41) is 0. The van der Waals surface area contributed by atoms with Gasteiger partial charge in [-0.25, -0.2) is 4.79 Å². The van der Waals surface area contributed by atoms with Crippen LogP contribution in [0.1, 0.15) is 17.5 Å². The van der Waals surface area contributed by atoms with E-state index in [4.69, 9.17) is 14.2 Å². The van der Waals surface area contributed by atoms with Gasteiger partial charge in [0.15, 0.2) is 0 Å². The fraction of sp³-hybridized carbons (Fsp3) is 0.273. The first kappa shape index (κ1) is 21.0. The van der Waals surface area contributed by atoms with Crippen molar-refractivity contribution in [1.29, 1.82) is 0 Å². The fourth-order valence-corrected chi connectivity index (χ4v) is 2.61. The molecule has 2 aromatic rings. The number of rotatable bonds is 9. The van der Waals surface area contributed by atoms with Crippen LogP contribution in [0.25, 0.3) is 0 Å². The van der Waals surface area contributed by atoms with Crippen molar-refractivity contribution in [3.63, 3.8) is 0 Å². The summed E-state index contributed by atoms with van der Waals surface area (Å²) in [5.74, 6) is -0.431. The molecule has 0 aliphatic rings. The average Bonchev–Trinajstić information content (AvgIpc) is 2.74. The molecular formula is C22H25NO5. The SMILES string of the molecule is COC=CC(CC(=O)OC)N(Cc1ccccc1)C(=O)OCc1ccccc1. The minimum absolute atomic E-state index is 0.0103. The third-order valence-corrected chi connectivity index (χ3v) is 4.08. The summed E-state index contributed by atoms with van der Waals surface area (Å²) in [5.41, 5.74) is 1.80. The Kier molecular flexibility index (Phi) is 8.59. The molecule has 0 aromatic heterocycles. The highest BCUT2D eigenvalue weighted by Crippen LogP contribution is 2.16. The second-order valence-corrected chi connectivity index (χ2v) is 6.07. The zero-order valence-electron chi connectivity index (χ0n) is 16.1. The summed E-state index contributed by atoms with van der Waals surface area (Å²) < 4.78 is 15.3. The second kappa shape index (κ2) is 11.4. The quantitative estimate of drug-likeness (QED) is 0.485. The maximum absolute atomic E-state index is 12.9. The van der Waals surface area contributed by atoms with Gasteiger partial charge in [0, 0.05) is 6.54 Å². The summed E-state index contributed by atoms with van der Waals surface area (Å²) in [6.45, 7) is 0.425. The van der Waals surface area contributed by atoms with Crippen molar-refractivity contribution in [3.8, 4) is 0 Å². The van der Waals surface area contributed by atoms with Crippen molar-refractivity contribution in [2.75, 3.05) is 14.2 Å². The Bertz CT molecular complexity index is 761. The number of benzene rings is 2. The number of ether oxygens (including phenoxy) is 3. The molecule has 0 saturated carbocycles. The van der Waals surface area contributed by atoms with Crippen LogP contribution in [0.5, 0.6) is 0 Å². The number of hydrogen-bond acceptors (Lipinski definition) is 5. The normalized spacial score (nSPS) is 11.6. The lowest BCUT2D eigenvalue weighted by Gasteiger charge is -2.28. The molecule has 28 heavy (non-hydrogen) atoms. The summed E-state index contributed by atoms with van der Waals surface area (Å²) in [7, 11) is 2.82. The van der Waals surface area contributed by atoms with Crippen LogP contribution >= 0.6 is 0 Å². The van der Waals surface area contributed by atoms with E-state index in [1.165, 1.54) is 25.4 Å². The Morgan fingerprint density at radius 3 is 2.14 bits per heavy atom. The number of hydrogen-bond donors (Lipinski definition) is 0. The summed E-state index contributed by atoms with van der Waals surface area (Å²) in [6.07, 6.45) is 2.55. The van der Waals surface area contributed by atoms with Gasteiger partial charge in [0.1, 0.15) is 6.61 Å². The molecule has 0 spiro atoms. The van der Waals surface area contributed by atoms with Crippen molar-refractivity contribution >= 4 is 12.1 Å². The van der Waals surface area contributed by atoms with Gasteiger partial charge in [-0.1, -0.05) is 60.7 Å². The van der Waals surface area contributed by atoms with E-state index < -0.39 is 18.1 Å². The molecule has 6 nitrogen and oxygen atoms in total. The molecule has 0 radical (unpaired) electrons. The van der Waals surface area contributed by atoms with E-state index in [0.717, 1.165) is 11.1 Å². The molecule has 0 fully saturated rings. The molecule has 0 bridgehead atoms. The zero-order valence-corrected chi connectivity index (χ0v) is 16.1. The van der Waals surface area contributed by atoms with Crippen LogP contribution in [0.3, 0.4) is 0 Å². The highest BCUT2D eigenvalue weighted by Gasteiger charge is 2.26. The van der Waals surface area contributed by atoms with Crippen LogP contribution in [-0.2, 0) is 32.2 Å². The van der Waals surface area contributed by atoms with Gasteiger partial charge in [-0.15, -0.1) is 0 Å². The maximum Gasteiger partial charge on any atom is 0.410 e. The number of amides is 1. The highest BCUT2D eigenvalue weighted by atomic mass is 16.6. The average molecular weight is 383 g/mol. The third kappa shape index (κ3) is 6.79. The van der Waals surface area contributed by atoms with Crippen LogP contribution in [-0.4, -0.2) is 37.2 Å². The van der Waals surface area contributed by atoms with Gasteiger partial charge in [-0.05, 0) is 17.2 Å². The molecule has 2 rings (SSSR count). The molecule has 0 aliphatic heterocycles. The minimum Gasteiger partial charge on any atom is -0.505 e. The molecule has 1 amide bonds. The Balaban J connectivity index is 2.20. The fourth-order valence-electron chi connectivity index (χ4n) is 2.61. The summed E-state index contributed by atoms with van der Waals surface area (Å²) >= 11 is 0. The smallest absolute Gasteiger partial charge is 0.410 e. The van der Waals surface area contributed by atoms with Crippen LogP contribution in [0.2, 0.25) is 0 Å². The monoisotopic (exact) mass is 383 g/mol. The van der Waals surface area contributed by atoms with Crippen molar-refractivity contribution in [2.45, 2.75) is 25.6 Å². The van der Waals surface area contributed by atoms with E-state index in [0.29, 0.717) is 0 Å². The lowest BCUT2D eigenvalue weighted by atomic mass is 10.1. The van der Waals surface area contributed by atoms with Gasteiger partial charge < -0.3 is 14.2 Å². The molecule has 1 unspecified atom stereocenters. The Morgan fingerprint density at radius 1 is 0.964 bits per heavy atom. The van der Waals surface area contributed by atoms with Crippen molar-refractivity contribution < 1.29 is 23.8 Å². The first-order valence-electron chi connectivity index (χ1n) is 8.91. The Hall–Kier alpha value is -3.28. The summed E-state index contributed by atoms with van der Waals surface area (Å²) in [6, 6.07) is 18.4. The van der Waals surface area contributed by atoms with Crippen molar-refractivity contribution in [1.82, 2.24) is 4.90 Å². The first-order valence-corrected chi connectivity index (χ1v) is 8.91. The van der Waals surface area contributed by atoms with Gasteiger partial charge >= 0.3 is 12.1 Å². The van der Waals surface area contributed by atoms with Crippen molar-refractivity contribution in [2.24, 2.45) is 0 Å². The van der Waals surface area contributed by atoms with E-state index in [1.807, 2.05) is 60.7 Å². The van der Waals surface area contributed by atoms with E-state index in [-0.39, 0.29) is 19.6 Å². The van der Waals surface area contributed by atoms with E-state index in [9.17, 15) is 9.59 Å². The predicted molar refractivity (Wildman–Crippen MR) is 105 cm³/mol. The zero-order chi connectivity index (χ0) is 20.2. The van der Waals surface area contributed by atoms with Crippen molar-refractivity contribution in [3.05, 3.63) is 84.1 Å². The molecule has 0 N–H and O–H groups in total. The molecule has 0 heterocycles. The van der Waals surface area contributed by atoms with E-state index >= 15 is 0 Å². The van der Waals surface area contributed by atoms with E-state index in [1.54, 1.807) is 6.08 Å². The summed E-state index contributed by atoms with van der Waals surface area (Å²) in [4.78, 5) is 26.2. The van der Waals surface area contributed by atoms with Gasteiger partial charge in [-0.3, -0.25) is 9.69 Å². The van der Waals surface area contributed by atoms with Crippen LogP contribution in [0, 0.1) is 0 Å². The molecule has 0 aliphatic carbocycles. The number of nitrogens with zero attached hydrogens (tertiary/aromatic N) is 1. The Labute approximate surface area is 165 Å². The van der Waals surface area contributed by atoms with Crippen LogP contribution in [0.15, 0.2) is 73.0 Å². The minimum atomic E-state index is -0.573. The number of carbonyl (C=O) groups is 2. The van der Waals surface area contributed by atoms with Gasteiger partial charge in [-0.2, -0.15) is 0 Å². The number of methoxy groups -OCH3 is 2. The Morgan fingerprint density at radius 2 is 1.57 bits per heavy atom. The largest absolute Gasteiger partial charge is 0.505 e. The van der Waals surface area contributed by atoms with Gasteiger partial charge in [0.2, 0.25) is 0 Å². The van der Waals surface area contributed by atoms with Gasteiger partial charge in [0.05, 0.1) is 32.9 Å². The predicted octanol–water partition coefficient (Wildman–Crippen LogP) is 3.92. The molecule has 0 saturated heterocycles. The highest BCUT2D eigenvalue weighted by molar-refractivity contribution is 5.73. The standard InChI is InChI=1S/C22H25NO5/c1-26-14-13-20(15-21(24)27-2)23(16-18-9-5-3-6-10-18)22(25)28-17-19-11-7-4-8-12-19/h3-14,20H,15-17H2,1-2H3. The molecule has 6 heteroatoms. The molecule has 148 valence electrons. The molecule has 2 aromatic carbocycles. The van der Waals surface area contributed by atoms with Gasteiger partial charge in [0.25, 0.3) is 0 Å². The number of carbonyl (C=O) groups excluding carboxylic acids is 2. The van der Waals surface area contributed by atoms with E-state index in [2.05, 4.69) is 0 Å². The molecule has 1 atom stereocenters. The van der Waals surface area contributed by atoms with Crippen LogP contribution in [0.4, 0.5) is 4.79 Å². The third-order valence-electron chi connectivity index (χ3n) is 4.08. The first-order chi connectivity index (χ1) is 13.6. The topological polar surface area (TPSA) is 65.1 Å². The lowest BCUT2D eigenvalue weighted by Crippen LogP contribution is -2.40. The van der Waals surface area contributed by atoms with Crippen LogP contribution < -0.4 is 0 Å². The maximum atomic E-state index is 12.9.